The van der Waals surface area contributed by atoms with Crippen LogP contribution in [0.2, 0.25) is 0 Å². The first-order valence-electron chi connectivity index (χ1n) is 7.08. The monoisotopic (exact) mass is 347 g/mol. The van der Waals surface area contributed by atoms with Crippen LogP contribution >= 0.6 is 15.9 Å². The third-order valence-electron chi connectivity index (χ3n) is 3.54. The number of piperidine rings is 1. The minimum atomic E-state index is -0.499. The summed E-state index contributed by atoms with van der Waals surface area (Å²) in [7, 11) is 0. The molecule has 1 unspecified atom stereocenters. The molecule has 0 aromatic heterocycles. The van der Waals surface area contributed by atoms with Crippen molar-refractivity contribution in [1.82, 2.24) is 4.90 Å². The molecule has 1 aromatic rings. The Labute approximate surface area is 127 Å². The van der Waals surface area contributed by atoms with Crippen molar-refractivity contribution in [3.8, 4) is 0 Å². The number of benzene rings is 1. The molecule has 0 radical (unpaired) electrons. The number of likely N-dealkylation sites (tertiary alicyclic amines) is 1. The van der Waals surface area contributed by atoms with Gasteiger partial charge in [-0.3, -0.25) is 4.90 Å². The second kappa shape index (κ2) is 7.48. The van der Waals surface area contributed by atoms with E-state index >= 15 is 0 Å². The van der Waals surface area contributed by atoms with Gasteiger partial charge < -0.3 is 4.74 Å². The van der Waals surface area contributed by atoms with Gasteiger partial charge in [0.05, 0.1) is 10.6 Å². The second-order valence-electron chi connectivity index (χ2n) is 5.19. The van der Waals surface area contributed by atoms with E-state index in [0.29, 0.717) is 11.0 Å². The minimum Gasteiger partial charge on any atom is -0.377 e. The third-order valence-corrected chi connectivity index (χ3v) is 4.15. The van der Waals surface area contributed by atoms with Gasteiger partial charge in [-0.2, -0.15) is 0 Å². The van der Waals surface area contributed by atoms with Gasteiger partial charge in [0.2, 0.25) is 0 Å². The highest BCUT2D eigenvalue weighted by atomic mass is 79.9. The van der Waals surface area contributed by atoms with Crippen molar-refractivity contribution in [3.63, 3.8) is 0 Å². The van der Waals surface area contributed by atoms with Crippen molar-refractivity contribution in [2.24, 2.45) is 0 Å². The first-order valence-corrected chi connectivity index (χ1v) is 7.87. The summed E-state index contributed by atoms with van der Waals surface area (Å²) in [6.07, 6.45) is 3.21. The van der Waals surface area contributed by atoms with Crippen molar-refractivity contribution in [1.29, 1.82) is 0 Å². The number of hydrogen-bond donors (Lipinski definition) is 0. The lowest BCUT2D eigenvalue weighted by Gasteiger charge is -2.32. The molecule has 1 saturated heterocycles. The lowest BCUT2D eigenvalue weighted by atomic mass is 10.1. The lowest BCUT2D eigenvalue weighted by molar-refractivity contribution is -0.00274. The Morgan fingerprint density at radius 2 is 2.20 bits per heavy atom. The Morgan fingerprint density at radius 1 is 1.40 bits per heavy atom. The molecule has 0 saturated carbocycles. The van der Waals surface area contributed by atoms with Crippen LogP contribution in [0.5, 0.6) is 0 Å². The van der Waals surface area contributed by atoms with Gasteiger partial charge in [-0.15, -0.1) is 0 Å². The molecular formula is C15H20BrF2NO. The zero-order valence-electron chi connectivity index (χ0n) is 11.7. The topological polar surface area (TPSA) is 12.5 Å². The summed E-state index contributed by atoms with van der Waals surface area (Å²) in [6.45, 7) is 4.72. The Kier molecular flexibility index (Phi) is 5.93. The van der Waals surface area contributed by atoms with Crippen LogP contribution in [0.25, 0.3) is 0 Å². The zero-order valence-corrected chi connectivity index (χ0v) is 13.3. The number of nitrogens with zero attached hydrogens (tertiary/aromatic N) is 1. The molecule has 1 aliphatic rings. The number of hydrogen-bond acceptors (Lipinski definition) is 2. The van der Waals surface area contributed by atoms with Crippen LogP contribution in [-0.2, 0) is 11.3 Å². The van der Waals surface area contributed by atoms with E-state index in [1.165, 1.54) is 12.1 Å². The standard InChI is InChI=1S/C15H20BrF2NO/c1-2-8-20-11-4-3-7-19(9-11)10-12-14(17)6-5-13(16)15(12)18/h5-6,11H,2-4,7-10H2,1H3. The van der Waals surface area contributed by atoms with E-state index in [0.717, 1.165) is 39.0 Å². The summed E-state index contributed by atoms with van der Waals surface area (Å²) in [6, 6.07) is 2.70. The van der Waals surface area contributed by atoms with Gasteiger partial charge in [-0.25, -0.2) is 8.78 Å². The molecule has 1 aliphatic heterocycles. The Hall–Kier alpha value is -0.520. The predicted octanol–water partition coefficient (Wildman–Crippen LogP) is 4.12. The molecule has 112 valence electrons. The molecule has 0 bridgehead atoms. The predicted molar refractivity (Wildman–Crippen MR) is 78.6 cm³/mol. The van der Waals surface area contributed by atoms with Crippen LogP contribution in [0.1, 0.15) is 31.7 Å². The molecule has 1 fully saturated rings. The summed E-state index contributed by atoms with van der Waals surface area (Å²) in [5, 5.41) is 0. The molecule has 1 aromatic carbocycles. The zero-order chi connectivity index (χ0) is 14.5. The van der Waals surface area contributed by atoms with Crippen LogP contribution in [0.3, 0.4) is 0 Å². The molecular weight excluding hydrogens is 328 g/mol. The Bertz CT molecular complexity index is 456. The molecule has 20 heavy (non-hydrogen) atoms. The largest absolute Gasteiger partial charge is 0.377 e. The van der Waals surface area contributed by atoms with Crippen molar-refractivity contribution in [2.75, 3.05) is 19.7 Å². The van der Waals surface area contributed by atoms with E-state index < -0.39 is 11.6 Å². The Balaban J connectivity index is 2.01. The maximum Gasteiger partial charge on any atom is 0.144 e. The third kappa shape index (κ3) is 3.99. The van der Waals surface area contributed by atoms with Crippen LogP contribution in [0, 0.1) is 11.6 Å². The quantitative estimate of drug-likeness (QED) is 0.743. The van der Waals surface area contributed by atoms with E-state index in [4.69, 9.17) is 4.74 Å². The molecule has 5 heteroatoms. The smallest absolute Gasteiger partial charge is 0.144 e. The van der Waals surface area contributed by atoms with Crippen LogP contribution < -0.4 is 0 Å². The number of rotatable bonds is 5. The van der Waals surface area contributed by atoms with E-state index in [1.54, 1.807) is 0 Å². The average Bonchev–Trinajstić information content (AvgIpc) is 2.46. The summed E-state index contributed by atoms with van der Waals surface area (Å²) in [5.74, 6) is -0.982. The molecule has 0 amide bonds. The van der Waals surface area contributed by atoms with E-state index in [2.05, 4.69) is 27.8 Å². The van der Waals surface area contributed by atoms with E-state index in [9.17, 15) is 8.78 Å². The molecule has 1 heterocycles. The molecule has 0 N–H and O–H groups in total. The molecule has 0 aliphatic carbocycles. The summed E-state index contributed by atoms with van der Waals surface area (Å²) >= 11 is 3.11. The number of halogens is 3. The SMILES string of the molecule is CCCOC1CCCN(Cc2c(F)ccc(Br)c2F)C1. The fourth-order valence-electron chi connectivity index (χ4n) is 2.51. The van der Waals surface area contributed by atoms with Crippen LogP contribution in [0.15, 0.2) is 16.6 Å². The molecule has 2 rings (SSSR count). The van der Waals surface area contributed by atoms with Crippen molar-refractivity contribution >= 4 is 15.9 Å². The van der Waals surface area contributed by atoms with E-state index in [1.807, 2.05) is 0 Å². The van der Waals surface area contributed by atoms with Gasteiger partial charge in [-0.1, -0.05) is 6.92 Å². The summed E-state index contributed by atoms with van der Waals surface area (Å²) < 4.78 is 33.8. The fraction of sp³-hybridized carbons (Fsp3) is 0.600. The van der Waals surface area contributed by atoms with Crippen molar-refractivity contribution in [2.45, 2.75) is 38.8 Å². The summed E-state index contributed by atoms with van der Waals surface area (Å²) in [5.41, 5.74) is 0.135. The average molecular weight is 348 g/mol. The molecule has 2 nitrogen and oxygen atoms in total. The van der Waals surface area contributed by atoms with Crippen LogP contribution in [0.4, 0.5) is 8.78 Å². The minimum absolute atomic E-state index is 0.135. The van der Waals surface area contributed by atoms with Gasteiger partial charge in [0.25, 0.3) is 0 Å². The highest BCUT2D eigenvalue weighted by molar-refractivity contribution is 9.10. The fourth-order valence-corrected chi connectivity index (χ4v) is 2.89. The summed E-state index contributed by atoms with van der Waals surface area (Å²) in [4.78, 5) is 2.07. The Morgan fingerprint density at radius 3 is 2.95 bits per heavy atom. The van der Waals surface area contributed by atoms with E-state index in [-0.39, 0.29) is 11.7 Å². The van der Waals surface area contributed by atoms with Gasteiger partial charge in [0.1, 0.15) is 11.6 Å². The van der Waals surface area contributed by atoms with Crippen molar-refractivity contribution < 1.29 is 13.5 Å². The first-order chi connectivity index (χ1) is 9.61. The maximum atomic E-state index is 14.0. The van der Waals surface area contributed by atoms with Gasteiger partial charge >= 0.3 is 0 Å². The van der Waals surface area contributed by atoms with Gasteiger partial charge in [0.15, 0.2) is 0 Å². The normalized spacial score (nSPS) is 20.3. The maximum absolute atomic E-state index is 14.0. The second-order valence-corrected chi connectivity index (χ2v) is 6.05. The molecule has 1 atom stereocenters. The van der Waals surface area contributed by atoms with Gasteiger partial charge in [0, 0.05) is 25.3 Å². The lowest BCUT2D eigenvalue weighted by Crippen LogP contribution is -2.39. The first kappa shape index (κ1) is 15.9. The number of ether oxygens (including phenoxy) is 1. The van der Waals surface area contributed by atoms with Crippen LogP contribution in [-0.4, -0.2) is 30.7 Å². The molecule has 0 spiro atoms. The highest BCUT2D eigenvalue weighted by Crippen LogP contribution is 2.24. The highest BCUT2D eigenvalue weighted by Gasteiger charge is 2.23. The van der Waals surface area contributed by atoms with Crippen molar-refractivity contribution in [3.05, 3.63) is 33.8 Å². The van der Waals surface area contributed by atoms with Gasteiger partial charge in [-0.05, 0) is 53.9 Å².